The van der Waals surface area contributed by atoms with Gasteiger partial charge in [-0.05, 0) is 19.1 Å². The molecule has 1 fully saturated rings. The molecule has 0 unspecified atom stereocenters. The predicted octanol–water partition coefficient (Wildman–Crippen LogP) is 0.745. The highest BCUT2D eigenvalue weighted by molar-refractivity contribution is 5.84. The van der Waals surface area contributed by atoms with E-state index in [1.54, 1.807) is 9.80 Å². The van der Waals surface area contributed by atoms with Crippen molar-refractivity contribution in [2.45, 2.75) is 6.92 Å². The summed E-state index contributed by atoms with van der Waals surface area (Å²) in [6.45, 7) is 4.03. The van der Waals surface area contributed by atoms with Crippen LogP contribution in [0.25, 0.3) is 0 Å². The molecule has 1 aromatic rings. The van der Waals surface area contributed by atoms with E-state index in [0.717, 1.165) is 11.3 Å². The molecule has 114 valence electrons. The number of anilines is 1. The molecule has 6 nitrogen and oxygen atoms in total. The van der Waals surface area contributed by atoms with Crippen molar-refractivity contribution in [3.63, 3.8) is 0 Å². The van der Waals surface area contributed by atoms with Gasteiger partial charge in [0.15, 0.2) is 0 Å². The Morgan fingerprint density at radius 1 is 1.19 bits per heavy atom. The SMILES string of the molecule is Cc1ccc(N(CC(=O)O)CC(=O)N2CCOCC2)cc1. The molecule has 1 amide bonds. The summed E-state index contributed by atoms with van der Waals surface area (Å²) in [5.41, 5.74) is 1.83. The molecule has 0 aromatic heterocycles. The van der Waals surface area contributed by atoms with Gasteiger partial charge in [0.2, 0.25) is 5.91 Å². The van der Waals surface area contributed by atoms with E-state index in [1.165, 1.54) is 0 Å². The number of aryl methyl sites for hydroxylation is 1. The quantitative estimate of drug-likeness (QED) is 0.867. The summed E-state index contributed by atoms with van der Waals surface area (Å²) in [6, 6.07) is 7.49. The van der Waals surface area contributed by atoms with Crippen molar-refractivity contribution in [1.82, 2.24) is 4.90 Å². The summed E-state index contributed by atoms with van der Waals surface area (Å²) in [7, 11) is 0. The summed E-state index contributed by atoms with van der Waals surface area (Å²) in [6.07, 6.45) is 0. The lowest BCUT2D eigenvalue weighted by atomic mass is 10.2. The lowest BCUT2D eigenvalue weighted by Crippen LogP contribution is -2.46. The maximum absolute atomic E-state index is 12.3. The van der Waals surface area contributed by atoms with Gasteiger partial charge >= 0.3 is 5.97 Å². The molecule has 0 atom stereocenters. The summed E-state index contributed by atoms with van der Waals surface area (Å²) < 4.78 is 5.22. The number of carbonyl (C=O) groups is 2. The van der Waals surface area contributed by atoms with E-state index >= 15 is 0 Å². The third-order valence-electron chi connectivity index (χ3n) is 3.42. The number of morpholine rings is 1. The number of benzene rings is 1. The van der Waals surface area contributed by atoms with Crippen LogP contribution in [0.2, 0.25) is 0 Å². The van der Waals surface area contributed by atoms with Crippen molar-refractivity contribution >= 4 is 17.6 Å². The minimum absolute atomic E-state index is 0.0648. The number of hydrogen-bond donors (Lipinski definition) is 1. The lowest BCUT2D eigenvalue weighted by molar-refractivity contribution is -0.135. The van der Waals surface area contributed by atoms with E-state index in [2.05, 4.69) is 0 Å². The number of hydrogen-bond acceptors (Lipinski definition) is 4. The zero-order chi connectivity index (χ0) is 15.2. The second-order valence-corrected chi connectivity index (χ2v) is 5.08. The third kappa shape index (κ3) is 4.46. The van der Waals surface area contributed by atoms with Gasteiger partial charge in [-0.25, -0.2) is 0 Å². The van der Waals surface area contributed by atoms with E-state index in [4.69, 9.17) is 9.84 Å². The summed E-state index contributed by atoms with van der Waals surface area (Å²) in [5.74, 6) is -1.02. The molecule has 1 aromatic carbocycles. The fourth-order valence-electron chi connectivity index (χ4n) is 2.23. The Bertz CT molecular complexity index is 495. The Labute approximate surface area is 123 Å². The average Bonchev–Trinajstić information content (AvgIpc) is 2.48. The zero-order valence-electron chi connectivity index (χ0n) is 12.1. The normalized spacial score (nSPS) is 14.8. The van der Waals surface area contributed by atoms with Crippen LogP contribution in [0.4, 0.5) is 5.69 Å². The first kappa shape index (κ1) is 15.3. The van der Waals surface area contributed by atoms with Gasteiger partial charge in [0, 0.05) is 18.8 Å². The Morgan fingerprint density at radius 3 is 2.38 bits per heavy atom. The summed E-state index contributed by atoms with van der Waals surface area (Å²) in [4.78, 5) is 26.6. The van der Waals surface area contributed by atoms with Gasteiger partial charge in [-0.15, -0.1) is 0 Å². The smallest absolute Gasteiger partial charge is 0.323 e. The molecule has 21 heavy (non-hydrogen) atoms. The van der Waals surface area contributed by atoms with Crippen LogP contribution < -0.4 is 4.90 Å². The second kappa shape index (κ2) is 7.08. The molecular weight excluding hydrogens is 272 g/mol. The number of rotatable bonds is 5. The van der Waals surface area contributed by atoms with Crippen LogP contribution in [0.15, 0.2) is 24.3 Å². The van der Waals surface area contributed by atoms with Crippen molar-refractivity contribution in [3.05, 3.63) is 29.8 Å². The summed E-state index contributed by atoms with van der Waals surface area (Å²) >= 11 is 0. The number of nitrogens with zero attached hydrogens (tertiary/aromatic N) is 2. The third-order valence-corrected chi connectivity index (χ3v) is 3.42. The molecule has 6 heteroatoms. The first-order chi connectivity index (χ1) is 10.1. The van der Waals surface area contributed by atoms with Crippen LogP contribution in [-0.2, 0) is 14.3 Å². The van der Waals surface area contributed by atoms with Crippen molar-refractivity contribution in [2.75, 3.05) is 44.3 Å². The second-order valence-electron chi connectivity index (χ2n) is 5.08. The van der Waals surface area contributed by atoms with Crippen molar-refractivity contribution in [3.8, 4) is 0 Å². The van der Waals surface area contributed by atoms with Crippen LogP contribution in [0, 0.1) is 6.92 Å². The number of ether oxygens (including phenoxy) is 1. The van der Waals surface area contributed by atoms with Crippen molar-refractivity contribution in [1.29, 1.82) is 0 Å². The molecular formula is C15H20N2O4. The van der Waals surface area contributed by atoms with Gasteiger partial charge in [0.25, 0.3) is 0 Å². The van der Waals surface area contributed by atoms with Gasteiger partial charge in [0.1, 0.15) is 6.54 Å². The van der Waals surface area contributed by atoms with Gasteiger partial charge in [0.05, 0.1) is 19.8 Å². The van der Waals surface area contributed by atoms with Crippen LogP contribution in [0.5, 0.6) is 0 Å². The number of carboxylic acids is 1. The monoisotopic (exact) mass is 292 g/mol. The molecule has 1 heterocycles. The summed E-state index contributed by atoms with van der Waals surface area (Å²) in [5, 5.41) is 9.04. The van der Waals surface area contributed by atoms with Gasteiger partial charge in [-0.2, -0.15) is 0 Å². The molecule has 1 saturated heterocycles. The van der Waals surface area contributed by atoms with Gasteiger partial charge in [-0.3, -0.25) is 9.59 Å². The highest BCUT2D eigenvalue weighted by Crippen LogP contribution is 2.15. The Kier molecular flexibility index (Phi) is 5.16. The number of aliphatic carboxylic acids is 1. The Morgan fingerprint density at radius 2 is 1.81 bits per heavy atom. The lowest BCUT2D eigenvalue weighted by Gasteiger charge is -2.30. The van der Waals surface area contributed by atoms with E-state index in [9.17, 15) is 9.59 Å². The van der Waals surface area contributed by atoms with Crippen LogP contribution >= 0.6 is 0 Å². The molecule has 0 saturated carbocycles. The van der Waals surface area contributed by atoms with E-state index in [0.29, 0.717) is 26.3 Å². The van der Waals surface area contributed by atoms with Crippen LogP contribution in [0.1, 0.15) is 5.56 Å². The van der Waals surface area contributed by atoms with E-state index < -0.39 is 5.97 Å². The fraction of sp³-hybridized carbons (Fsp3) is 0.467. The maximum Gasteiger partial charge on any atom is 0.323 e. The van der Waals surface area contributed by atoms with Crippen LogP contribution in [-0.4, -0.2) is 61.3 Å². The average molecular weight is 292 g/mol. The van der Waals surface area contributed by atoms with Gasteiger partial charge < -0.3 is 19.6 Å². The largest absolute Gasteiger partial charge is 0.480 e. The van der Waals surface area contributed by atoms with Gasteiger partial charge in [-0.1, -0.05) is 17.7 Å². The highest BCUT2D eigenvalue weighted by Gasteiger charge is 2.21. The molecule has 0 bridgehead atoms. The molecule has 0 spiro atoms. The minimum Gasteiger partial charge on any atom is -0.480 e. The van der Waals surface area contributed by atoms with E-state index in [1.807, 2.05) is 31.2 Å². The number of amides is 1. The molecule has 2 rings (SSSR count). The zero-order valence-corrected chi connectivity index (χ0v) is 12.1. The fourth-order valence-corrected chi connectivity index (χ4v) is 2.23. The standard InChI is InChI=1S/C15H20N2O4/c1-12-2-4-13(5-3-12)17(11-15(19)20)10-14(18)16-6-8-21-9-7-16/h2-5H,6-11H2,1H3,(H,19,20). The Balaban J connectivity index is 2.06. The first-order valence-corrected chi connectivity index (χ1v) is 6.95. The molecule has 1 aliphatic rings. The van der Waals surface area contributed by atoms with Crippen molar-refractivity contribution < 1.29 is 19.4 Å². The highest BCUT2D eigenvalue weighted by atomic mass is 16.5. The molecule has 0 aliphatic carbocycles. The number of carbonyl (C=O) groups excluding carboxylic acids is 1. The number of carboxylic acid groups (broad SMARTS) is 1. The first-order valence-electron chi connectivity index (χ1n) is 6.95. The molecule has 0 radical (unpaired) electrons. The minimum atomic E-state index is -0.953. The molecule has 1 N–H and O–H groups in total. The predicted molar refractivity (Wildman–Crippen MR) is 78.4 cm³/mol. The maximum atomic E-state index is 12.3. The molecule has 1 aliphatic heterocycles. The van der Waals surface area contributed by atoms with Crippen molar-refractivity contribution in [2.24, 2.45) is 0 Å². The van der Waals surface area contributed by atoms with E-state index in [-0.39, 0.29) is 19.0 Å². The van der Waals surface area contributed by atoms with Crippen LogP contribution in [0.3, 0.4) is 0 Å². The Hall–Kier alpha value is -2.08. The topological polar surface area (TPSA) is 70.1 Å².